The van der Waals surface area contributed by atoms with Gasteiger partial charge in [0.25, 0.3) is 0 Å². The van der Waals surface area contributed by atoms with Crippen molar-refractivity contribution in [1.29, 1.82) is 0 Å². The van der Waals surface area contributed by atoms with Crippen LogP contribution < -0.4 is 0 Å². The number of aliphatic hydroxyl groups is 1. The summed E-state index contributed by atoms with van der Waals surface area (Å²) < 4.78 is 0. The molecule has 0 saturated heterocycles. The number of aliphatic hydroxyl groups excluding tert-OH is 1. The highest BCUT2D eigenvalue weighted by Gasteiger charge is 2.00. The molecule has 0 bridgehead atoms. The van der Waals surface area contributed by atoms with Crippen LogP contribution in [0.25, 0.3) is 6.08 Å². The first-order chi connectivity index (χ1) is 7.22. The third kappa shape index (κ3) is 4.37. The van der Waals surface area contributed by atoms with Crippen molar-refractivity contribution >= 4 is 12.0 Å². The second-order valence-electron chi connectivity index (χ2n) is 3.07. The summed E-state index contributed by atoms with van der Waals surface area (Å²) in [5, 5.41) is 17.1. The van der Waals surface area contributed by atoms with Crippen LogP contribution in [0.4, 0.5) is 0 Å². The number of carboxylic acid groups (broad SMARTS) is 1. The molecule has 0 saturated carbocycles. The fourth-order valence-electron chi connectivity index (χ4n) is 1.09. The van der Waals surface area contributed by atoms with Crippen LogP contribution >= 0.6 is 0 Å². The van der Waals surface area contributed by atoms with E-state index in [4.69, 9.17) is 10.2 Å². The molecular formula is C11H13NO3. The van der Waals surface area contributed by atoms with Crippen molar-refractivity contribution in [2.75, 3.05) is 6.61 Å². The van der Waals surface area contributed by atoms with Gasteiger partial charge in [-0.05, 0) is 18.1 Å². The smallest absolute Gasteiger partial charge is 0.309 e. The van der Waals surface area contributed by atoms with Crippen molar-refractivity contribution in [2.24, 2.45) is 0 Å². The first-order valence-electron chi connectivity index (χ1n) is 4.66. The standard InChI is InChI=1S/C11H13NO3/c13-6-2-1-3-9-4-5-10(12-8-9)7-11(14)15/h1,3-5,8,13H,2,6-7H2,(H,14,15). The number of nitrogens with zero attached hydrogens (tertiary/aromatic N) is 1. The quantitative estimate of drug-likeness (QED) is 0.758. The van der Waals surface area contributed by atoms with E-state index >= 15 is 0 Å². The summed E-state index contributed by atoms with van der Waals surface area (Å²) in [6.07, 6.45) is 5.85. The number of aromatic nitrogens is 1. The number of hydrogen-bond donors (Lipinski definition) is 2. The average molecular weight is 207 g/mol. The highest BCUT2D eigenvalue weighted by molar-refractivity contribution is 5.69. The number of rotatable bonds is 5. The number of aliphatic carboxylic acids is 1. The maximum Gasteiger partial charge on any atom is 0.309 e. The van der Waals surface area contributed by atoms with Gasteiger partial charge in [0.05, 0.1) is 12.1 Å². The Morgan fingerprint density at radius 1 is 1.47 bits per heavy atom. The Kier molecular flexibility index (Phi) is 4.50. The van der Waals surface area contributed by atoms with Crippen LogP contribution in [0, 0.1) is 0 Å². The van der Waals surface area contributed by atoms with E-state index in [1.165, 1.54) is 0 Å². The number of pyridine rings is 1. The minimum Gasteiger partial charge on any atom is -0.481 e. The van der Waals surface area contributed by atoms with Gasteiger partial charge in [-0.1, -0.05) is 18.2 Å². The summed E-state index contributed by atoms with van der Waals surface area (Å²) in [5.74, 6) is -0.883. The van der Waals surface area contributed by atoms with Crippen LogP contribution in [-0.2, 0) is 11.2 Å². The van der Waals surface area contributed by atoms with Gasteiger partial charge >= 0.3 is 5.97 Å². The minimum atomic E-state index is -0.883. The normalized spacial score (nSPS) is 10.7. The van der Waals surface area contributed by atoms with E-state index in [1.54, 1.807) is 18.3 Å². The van der Waals surface area contributed by atoms with Crippen LogP contribution in [0.3, 0.4) is 0 Å². The van der Waals surface area contributed by atoms with E-state index in [-0.39, 0.29) is 13.0 Å². The molecule has 4 nitrogen and oxygen atoms in total. The molecule has 0 aromatic carbocycles. The Morgan fingerprint density at radius 3 is 2.80 bits per heavy atom. The number of hydrogen-bond acceptors (Lipinski definition) is 3. The molecule has 0 amide bonds. The van der Waals surface area contributed by atoms with E-state index in [0.29, 0.717) is 12.1 Å². The van der Waals surface area contributed by atoms with Gasteiger partial charge in [-0.25, -0.2) is 0 Å². The molecule has 0 spiro atoms. The van der Waals surface area contributed by atoms with E-state index in [2.05, 4.69) is 4.98 Å². The lowest BCUT2D eigenvalue weighted by atomic mass is 10.2. The average Bonchev–Trinajstić information content (AvgIpc) is 2.20. The Hall–Kier alpha value is -1.68. The summed E-state index contributed by atoms with van der Waals surface area (Å²) in [6, 6.07) is 3.49. The lowest BCUT2D eigenvalue weighted by Crippen LogP contribution is -2.01. The Bertz CT molecular complexity index is 343. The zero-order valence-corrected chi connectivity index (χ0v) is 8.26. The fourth-order valence-corrected chi connectivity index (χ4v) is 1.09. The third-order valence-corrected chi connectivity index (χ3v) is 1.79. The second-order valence-corrected chi connectivity index (χ2v) is 3.07. The van der Waals surface area contributed by atoms with Crippen LogP contribution in [0.5, 0.6) is 0 Å². The Balaban J connectivity index is 2.60. The van der Waals surface area contributed by atoms with Crippen LogP contribution in [0.2, 0.25) is 0 Å². The van der Waals surface area contributed by atoms with E-state index < -0.39 is 5.97 Å². The molecular weight excluding hydrogens is 194 g/mol. The van der Waals surface area contributed by atoms with Gasteiger partial charge < -0.3 is 10.2 Å². The monoisotopic (exact) mass is 207 g/mol. The van der Waals surface area contributed by atoms with Crippen LogP contribution in [0.15, 0.2) is 24.4 Å². The maximum atomic E-state index is 10.4. The van der Waals surface area contributed by atoms with Gasteiger partial charge in [0.2, 0.25) is 0 Å². The molecule has 0 atom stereocenters. The van der Waals surface area contributed by atoms with Gasteiger partial charge in [-0.2, -0.15) is 0 Å². The predicted molar refractivity (Wildman–Crippen MR) is 56.3 cm³/mol. The van der Waals surface area contributed by atoms with Gasteiger partial charge in [0.1, 0.15) is 0 Å². The maximum absolute atomic E-state index is 10.4. The molecule has 1 rings (SSSR count). The van der Waals surface area contributed by atoms with E-state index in [0.717, 1.165) is 5.56 Å². The van der Waals surface area contributed by atoms with Crippen molar-refractivity contribution in [1.82, 2.24) is 4.98 Å². The first kappa shape index (κ1) is 11.4. The lowest BCUT2D eigenvalue weighted by Gasteiger charge is -1.97. The lowest BCUT2D eigenvalue weighted by molar-refractivity contribution is -0.136. The SMILES string of the molecule is O=C(O)Cc1ccc(C=CCCO)cn1. The highest BCUT2D eigenvalue weighted by atomic mass is 16.4. The van der Waals surface area contributed by atoms with E-state index in [9.17, 15) is 4.79 Å². The topological polar surface area (TPSA) is 70.4 Å². The van der Waals surface area contributed by atoms with Crippen molar-refractivity contribution < 1.29 is 15.0 Å². The summed E-state index contributed by atoms with van der Waals surface area (Å²) in [5.41, 5.74) is 1.44. The molecule has 0 fully saturated rings. The molecule has 0 aliphatic rings. The molecule has 0 aliphatic heterocycles. The molecule has 0 aliphatic carbocycles. The van der Waals surface area contributed by atoms with Crippen molar-refractivity contribution in [3.63, 3.8) is 0 Å². The van der Waals surface area contributed by atoms with Gasteiger partial charge in [-0.15, -0.1) is 0 Å². The van der Waals surface area contributed by atoms with Crippen molar-refractivity contribution in [3.05, 3.63) is 35.7 Å². The molecule has 80 valence electrons. The minimum absolute atomic E-state index is 0.0549. The molecule has 1 aromatic heterocycles. The predicted octanol–water partition coefficient (Wildman–Crippen LogP) is 1.10. The molecule has 15 heavy (non-hydrogen) atoms. The third-order valence-electron chi connectivity index (χ3n) is 1.79. The van der Waals surface area contributed by atoms with Crippen molar-refractivity contribution in [2.45, 2.75) is 12.8 Å². The van der Waals surface area contributed by atoms with Crippen LogP contribution in [-0.4, -0.2) is 27.8 Å². The highest BCUT2D eigenvalue weighted by Crippen LogP contribution is 2.03. The van der Waals surface area contributed by atoms with Crippen LogP contribution in [0.1, 0.15) is 17.7 Å². The number of carboxylic acids is 1. The summed E-state index contributed by atoms with van der Waals surface area (Å²) in [7, 11) is 0. The van der Waals surface area contributed by atoms with Gasteiger partial charge in [-0.3, -0.25) is 9.78 Å². The molecule has 4 heteroatoms. The Labute approximate surface area is 87.9 Å². The van der Waals surface area contributed by atoms with Gasteiger partial charge in [0, 0.05) is 12.8 Å². The number of carbonyl (C=O) groups is 1. The second kappa shape index (κ2) is 5.93. The van der Waals surface area contributed by atoms with E-state index in [1.807, 2.05) is 12.2 Å². The molecule has 1 aromatic rings. The fraction of sp³-hybridized carbons (Fsp3) is 0.273. The Morgan fingerprint density at radius 2 is 2.27 bits per heavy atom. The molecule has 0 unspecified atom stereocenters. The molecule has 1 heterocycles. The summed E-state index contributed by atoms with van der Waals surface area (Å²) >= 11 is 0. The van der Waals surface area contributed by atoms with Crippen molar-refractivity contribution in [3.8, 4) is 0 Å². The summed E-state index contributed by atoms with van der Waals surface area (Å²) in [6.45, 7) is 0.126. The first-order valence-corrected chi connectivity index (χ1v) is 4.66. The molecule has 0 radical (unpaired) electrons. The van der Waals surface area contributed by atoms with Gasteiger partial charge in [0.15, 0.2) is 0 Å². The zero-order chi connectivity index (χ0) is 11.1. The zero-order valence-electron chi connectivity index (χ0n) is 8.26. The molecule has 2 N–H and O–H groups in total. The summed E-state index contributed by atoms with van der Waals surface area (Å²) in [4.78, 5) is 14.4. The largest absolute Gasteiger partial charge is 0.481 e.